The van der Waals surface area contributed by atoms with Gasteiger partial charge in [-0.2, -0.15) is 0 Å². The van der Waals surface area contributed by atoms with Crippen LogP contribution < -0.4 is 9.41 Å². The fourth-order valence-electron chi connectivity index (χ4n) is 0. The van der Waals surface area contributed by atoms with Gasteiger partial charge >= 0.3 is 28.5 Å². The molecule has 0 heterocycles. The summed E-state index contributed by atoms with van der Waals surface area (Å²) in [4.78, 5) is 0. The van der Waals surface area contributed by atoms with Crippen LogP contribution in [0.3, 0.4) is 0 Å². The third-order valence-corrected chi connectivity index (χ3v) is 0. The van der Waals surface area contributed by atoms with Crippen LogP contribution in [0.4, 0.5) is 0 Å². The predicted molar refractivity (Wildman–Crippen MR) is 16.2 cm³/mol. The van der Waals surface area contributed by atoms with E-state index in [9.17, 15) is 0 Å². The van der Waals surface area contributed by atoms with Crippen LogP contribution in [0.25, 0.3) is 0 Å². The van der Waals surface area contributed by atoms with Crippen LogP contribution in [0.15, 0.2) is 0 Å². The first-order chi connectivity index (χ1) is 1.41. The Balaban J connectivity index is -0.0000000200. The first-order valence-corrected chi connectivity index (χ1v) is 1.93. The van der Waals surface area contributed by atoms with Gasteiger partial charge in [0.25, 0.3) is 0 Å². The van der Waals surface area contributed by atoms with Crippen LogP contribution in [0.5, 0.6) is 0 Å². The molecule has 0 saturated heterocycles. The molecule has 0 aliphatic heterocycles. The Kier molecular flexibility index (Phi) is 94.8. The third kappa shape index (κ3) is 163. The van der Waals surface area contributed by atoms with Crippen LogP contribution in [-0.4, -0.2) is 16.3 Å². The van der Waals surface area contributed by atoms with Crippen molar-refractivity contribution in [1.82, 2.24) is 0 Å². The second-order valence-corrected chi connectivity index (χ2v) is 1.22. The summed E-state index contributed by atoms with van der Waals surface area (Å²) in [7, 11) is 0. The molecule has 3 heteroatoms. The zero-order valence-electron chi connectivity index (χ0n) is 3.04. The van der Waals surface area contributed by atoms with Crippen molar-refractivity contribution in [2.45, 2.75) is 12.2 Å². The first kappa shape index (κ1) is 18.2. The number of hydrogen-bond donors (Lipinski definition) is 0. The molecule has 0 saturated carbocycles. The van der Waals surface area contributed by atoms with Crippen molar-refractivity contribution in [3.63, 3.8) is 0 Å². The van der Waals surface area contributed by atoms with Crippen molar-refractivity contribution >= 4 is 16.3 Å². The number of hydrogen-bond acceptors (Lipinski definition) is 0. The van der Waals surface area contributed by atoms with Gasteiger partial charge in [-0.1, -0.05) is 0 Å². The summed E-state index contributed by atoms with van der Waals surface area (Å²) >= 11 is 2.58. The molecule has 30 valence electrons. The van der Waals surface area contributed by atoms with Crippen LogP contribution in [0, 0.1) is 0 Å². The number of halogens is 2. The molecule has 0 aromatic carbocycles. The maximum atomic E-state index is 2.58. The van der Waals surface area contributed by atoms with E-state index in [0.717, 1.165) is 0 Å². The van der Waals surface area contributed by atoms with E-state index in [2.05, 4.69) is 23.2 Å². The second-order valence-electron chi connectivity index (χ2n) is 0.408. The molecule has 5 heavy (non-hydrogen) atoms. The fourth-order valence-corrected chi connectivity index (χ4v) is 0. The molecule has 0 spiro atoms. The Bertz CT molecular complexity index is 7.61. The average Bonchev–Trinajstić information content (AvgIpc) is 0.918. The standard InChI is InChI=1S/C2H5.Al.2FH/c1-2;;;/h1H2,2H3;;2*1H/q;+2;;/p-2. The van der Waals surface area contributed by atoms with Gasteiger partial charge in [0, 0.05) is 0 Å². The molecule has 0 atom stereocenters. The Hall–Kier alpha value is 0.392. The molecule has 0 fully saturated rings. The first-order valence-electron chi connectivity index (χ1n) is 1.12. The summed E-state index contributed by atoms with van der Waals surface area (Å²) in [5.41, 5.74) is 0. The van der Waals surface area contributed by atoms with E-state index in [4.69, 9.17) is 0 Å². The molecule has 0 amide bonds. The van der Waals surface area contributed by atoms with Gasteiger partial charge in [-0.25, -0.2) is 0 Å². The van der Waals surface area contributed by atoms with Crippen molar-refractivity contribution < 1.29 is 9.41 Å². The summed E-state index contributed by atoms with van der Waals surface area (Å²) in [6.07, 6.45) is 0. The molecule has 0 aliphatic rings. The van der Waals surface area contributed by atoms with Gasteiger partial charge < -0.3 is 9.41 Å². The Labute approximate surface area is 38.7 Å². The molecule has 0 aliphatic carbocycles. The summed E-state index contributed by atoms with van der Waals surface area (Å²) in [5, 5.41) is 1.17. The summed E-state index contributed by atoms with van der Waals surface area (Å²) < 4.78 is 0. The van der Waals surface area contributed by atoms with E-state index in [-0.39, 0.29) is 9.41 Å². The van der Waals surface area contributed by atoms with E-state index in [0.29, 0.717) is 0 Å². The van der Waals surface area contributed by atoms with E-state index < -0.39 is 0 Å². The molecule has 0 aromatic rings. The minimum atomic E-state index is 0. The normalized spacial score (nSPS) is 3.80. The average molecular weight is 94.0 g/mol. The van der Waals surface area contributed by atoms with Gasteiger partial charge in [0.05, 0.1) is 0 Å². The third-order valence-electron chi connectivity index (χ3n) is 0. The molecule has 0 aromatic heterocycles. The largest absolute Gasteiger partial charge is 1.00 e. The monoisotopic (exact) mass is 94.0 g/mol. The Morgan fingerprint density at radius 1 is 1.40 bits per heavy atom. The SMILES string of the molecule is C[CH2][Al+2].[F-].[F-]. The molecule has 0 nitrogen and oxygen atoms in total. The van der Waals surface area contributed by atoms with Crippen LogP contribution in [0.2, 0.25) is 5.28 Å². The van der Waals surface area contributed by atoms with Gasteiger partial charge in [-0.15, -0.1) is 0 Å². The molecule has 0 radical (unpaired) electrons. The minimum absolute atomic E-state index is 0. The molecule has 0 bridgehead atoms. The van der Waals surface area contributed by atoms with E-state index in [1.165, 1.54) is 5.28 Å². The fraction of sp³-hybridized carbons (Fsp3) is 1.00. The molecule has 0 N–H and O–H groups in total. The van der Waals surface area contributed by atoms with Crippen LogP contribution >= 0.6 is 0 Å². The maximum absolute atomic E-state index is 2.58. The predicted octanol–water partition coefficient (Wildman–Crippen LogP) is -5.40. The van der Waals surface area contributed by atoms with Gasteiger partial charge in [0.15, 0.2) is 0 Å². The molecular weight excluding hydrogens is 89.0 g/mol. The van der Waals surface area contributed by atoms with E-state index >= 15 is 0 Å². The van der Waals surface area contributed by atoms with E-state index in [1.807, 2.05) is 0 Å². The number of rotatable bonds is 0. The van der Waals surface area contributed by atoms with Gasteiger partial charge in [0.2, 0.25) is 0 Å². The van der Waals surface area contributed by atoms with Crippen molar-refractivity contribution in [2.24, 2.45) is 0 Å². The van der Waals surface area contributed by atoms with Crippen LogP contribution in [-0.2, 0) is 0 Å². The Morgan fingerprint density at radius 3 is 1.40 bits per heavy atom. The topological polar surface area (TPSA) is 0 Å². The summed E-state index contributed by atoms with van der Waals surface area (Å²) in [6.45, 7) is 2.09. The molecule has 0 rings (SSSR count). The summed E-state index contributed by atoms with van der Waals surface area (Å²) in [5.74, 6) is 0. The quantitative estimate of drug-likeness (QED) is 0.263. The molecular formula is C2H5AlF2. The van der Waals surface area contributed by atoms with Gasteiger partial charge in [-0.3, -0.25) is 0 Å². The minimum Gasteiger partial charge on any atom is -1.00 e. The van der Waals surface area contributed by atoms with Crippen LogP contribution in [0.1, 0.15) is 6.92 Å². The zero-order valence-corrected chi connectivity index (χ0v) is 4.20. The second kappa shape index (κ2) is 26.1. The summed E-state index contributed by atoms with van der Waals surface area (Å²) in [6, 6.07) is 0. The molecule has 0 unspecified atom stereocenters. The van der Waals surface area contributed by atoms with Crippen molar-refractivity contribution in [3.8, 4) is 0 Å². The van der Waals surface area contributed by atoms with Gasteiger partial charge in [-0.05, 0) is 0 Å². The Morgan fingerprint density at radius 2 is 1.40 bits per heavy atom. The zero-order chi connectivity index (χ0) is 2.71. The van der Waals surface area contributed by atoms with E-state index in [1.54, 1.807) is 0 Å². The van der Waals surface area contributed by atoms with Crippen molar-refractivity contribution in [1.29, 1.82) is 0 Å². The van der Waals surface area contributed by atoms with Crippen molar-refractivity contribution in [2.75, 3.05) is 0 Å². The maximum Gasteiger partial charge on any atom is -1.00 e. The van der Waals surface area contributed by atoms with Gasteiger partial charge in [0.1, 0.15) is 0 Å². The smallest absolute Gasteiger partial charge is 1.00 e. The van der Waals surface area contributed by atoms with Crippen molar-refractivity contribution in [3.05, 3.63) is 0 Å².